The van der Waals surface area contributed by atoms with Gasteiger partial charge in [-0.05, 0) is 25.2 Å². The predicted octanol–water partition coefficient (Wildman–Crippen LogP) is 4.13. The first-order valence-electron chi connectivity index (χ1n) is 5.89. The molecular formula is C13H24O. The lowest BCUT2D eigenvalue weighted by molar-refractivity contribution is -0.107. The Balaban J connectivity index is 3.32. The Morgan fingerprint density at radius 1 is 1.14 bits per heavy atom. The molecule has 0 heterocycles. The van der Waals surface area contributed by atoms with Crippen molar-refractivity contribution in [2.24, 2.45) is 5.92 Å². The van der Waals surface area contributed by atoms with Gasteiger partial charge in [0.1, 0.15) is 6.29 Å². The van der Waals surface area contributed by atoms with Crippen LogP contribution in [-0.2, 0) is 4.79 Å². The highest BCUT2D eigenvalue weighted by Crippen LogP contribution is 2.19. The number of aldehydes is 1. The molecular weight excluding hydrogens is 172 g/mol. The van der Waals surface area contributed by atoms with Crippen molar-refractivity contribution in [3.8, 4) is 0 Å². The van der Waals surface area contributed by atoms with Gasteiger partial charge in [-0.1, -0.05) is 38.7 Å². The van der Waals surface area contributed by atoms with Crippen molar-refractivity contribution in [2.75, 3.05) is 0 Å². The maximum atomic E-state index is 10.1. The second kappa shape index (κ2) is 10.5. The van der Waals surface area contributed by atoms with Gasteiger partial charge in [0.05, 0.1) is 0 Å². The van der Waals surface area contributed by atoms with E-state index >= 15 is 0 Å². The third-order valence-electron chi connectivity index (χ3n) is 2.79. The van der Waals surface area contributed by atoms with E-state index in [0.29, 0.717) is 0 Å². The summed E-state index contributed by atoms with van der Waals surface area (Å²) in [6.07, 6.45) is 12.4. The summed E-state index contributed by atoms with van der Waals surface area (Å²) in [5, 5.41) is 0. The lowest BCUT2D eigenvalue weighted by atomic mass is 9.94. The Hall–Kier alpha value is -0.590. The van der Waals surface area contributed by atoms with Crippen LogP contribution in [0.15, 0.2) is 12.7 Å². The smallest absolute Gasteiger partial charge is 0.119 e. The van der Waals surface area contributed by atoms with E-state index in [1.807, 2.05) is 6.08 Å². The summed E-state index contributed by atoms with van der Waals surface area (Å²) < 4.78 is 0. The number of allylic oxidation sites excluding steroid dienone is 1. The van der Waals surface area contributed by atoms with Gasteiger partial charge in [0, 0.05) is 6.42 Å². The van der Waals surface area contributed by atoms with Crippen LogP contribution in [0.5, 0.6) is 0 Å². The molecule has 0 aliphatic heterocycles. The highest BCUT2D eigenvalue weighted by atomic mass is 16.1. The zero-order valence-corrected chi connectivity index (χ0v) is 9.50. The molecule has 0 spiro atoms. The third-order valence-corrected chi connectivity index (χ3v) is 2.79. The molecule has 0 bridgehead atoms. The highest BCUT2D eigenvalue weighted by molar-refractivity contribution is 5.48. The van der Waals surface area contributed by atoms with Crippen molar-refractivity contribution in [1.82, 2.24) is 0 Å². The van der Waals surface area contributed by atoms with Gasteiger partial charge >= 0.3 is 0 Å². The van der Waals surface area contributed by atoms with E-state index < -0.39 is 0 Å². The molecule has 0 rings (SSSR count). The maximum absolute atomic E-state index is 10.1. The van der Waals surface area contributed by atoms with Crippen LogP contribution in [0, 0.1) is 5.92 Å². The van der Waals surface area contributed by atoms with Crippen LogP contribution in [0.3, 0.4) is 0 Å². The first-order valence-corrected chi connectivity index (χ1v) is 5.89. The molecule has 0 aliphatic rings. The summed E-state index contributed by atoms with van der Waals surface area (Å²) in [5.74, 6) is 0.865. The average molecular weight is 196 g/mol. The Morgan fingerprint density at radius 3 is 2.50 bits per heavy atom. The van der Waals surface area contributed by atoms with Crippen LogP contribution in [0.25, 0.3) is 0 Å². The largest absolute Gasteiger partial charge is 0.303 e. The van der Waals surface area contributed by atoms with E-state index in [9.17, 15) is 4.79 Å². The molecule has 0 saturated heterocycles. The SMILES string of the molecule is C=CCCC(CC)CCCCCC=O. The van der Waals surface area contributed by atoms with Crippen LogP contribution in [-0.4, -0.2) is 6.29 Å². The lowest BCUT2D eigenvalue weighted by Gasteiger charge is -2.12. The minimum atomic E-state index is 0.740. The number of rotatable bonds is 10. The third kappa shape index (κ3) is 8.03. The lowest BCUT2D eigenvalue weighted by Crippen LogP contribution is -1.98. The van der Waals surface area contributed by atoms with Crippen LogP contribution >= 0.6 is 0 Å². The van der Waals surface area contributed by atoms with E-state index in [0.717, 1.165) is 31.5 Å². The number of unbranched alkanes of at least 4 members (excludes halogenated alkanes) is 3. The molecule has 0 radical (unpaired) electrons. The summed E-state index contributed by atoms with van der Waals surface area (Å²) >= 11 is 0. The number of hydrogen-bond donors (Lipinski definition) is 0. The number of carbonyl (C=O) groups is 1. The zero-order valence-electron chi connectivity index (χ0n) is 9.50. The van der Waals surface area contributed by atoms with Gasteiger partial charge in [-0.25, -0.2) is 0 Å². The molecule has 82 valence electrons. The molecule has 1 atom stereocenters. The topological polar surface area (TPSA) is 17.1 Å². The molecule has 1 unspecified atom stereocenters. The maximum Gasteiger partial charge on any atom is 0.119 e. The first kappa shape index (κ1) is 13.4. The normalized spacial score (nSPS) is 12.4. The fourth-order valence-corrected chi connectivity index (χ4v) is 1.74. The molecule has 0 aliphatic carbocycles. The van der Waals surface area contributed by atoms with Gasteiger partial charge in [-0.3, -0.25) is 0 Å². The second-order valence-corrected chi connectivity index (χ2v) is 3.94. The molecule has 0 saturated carbocycles. The molecule has 1 heteroatoms. The molecule has 0 fully saturated rings. The molecule has 0 aromatic carbocycles. The zero-order chi connectivity index (χ0) is 10.6. The van der Waals surface area contributed by atoms with E-state index in [4.69, 9.17) is 0 Å². The monoisotopic (exact) mass is 196 g/mol. The van der Waals surface area contributed by atoms with Crippen molar-refractivity contribution in [1.29, 1.82) is 0 Å². The van der Waals surface area contributed by atoms with Gasteiger partial charge in [0.15, 0.2) is 0 Å². The van der Waals surface area contributed by atoms with Crippen LogP contribution < -0.4 is 0 Å². The van der Waals surface area contributed by atoms with E-state index in [2.05, 4.69) is 13.5 Å². The molecule has 0 aromatic rings. The Bertz CT molecular complexity index is 140. The van der Waals surface area contributed by atoms with Crippen LogP contribution in [0.1, 0.15) is 58.3 Å². The predicted molar refractivity (Wildman–Crippen MR) is 62.4 cm³/mol. The van der Waals surface area contributed by atoms with Crippen molar-refractivity contribution >= 4 is 6.29 Å². The van der Waals surface area contributed by atoms with Crippen LogP contribution in [0.4, 0.5) is 0 Å². The minimum Gasteiger partial charge on any atom is -0.303 e. The summed E-state index contributed by atoms with van der Waals surface area (Å²) in [7, 11) is 0. The average Bonchev–Trinajstić information content (AvgIpc) is 2.22. The van der Waals surface area contributed by atoms with Crippen molar-refractivity contribution in [2.45, 2.75) is 58.3 Å². The highest BCUT2D eigenvalue weighted by Gasteiger charge is 2.04. The van der Waals surface area contributed by atoms with E-state index in [1.54, 1.807) is 0 Å². The number of carbonyl (C=O) groups excluding carboxylic acids is 1. The van der Waals surface area contributed by atoms with E-state index in [1.165, 1.54) is 32.1 Å². The summed E-state index contributed by atoms with van der Waals surface area (Å²) in [6.45, 7) is 6.01. The van der Waals surface area contributed by atoms with Gasteiger partial charge in [0.2, 0.25) is 0 Å². The van der Waals surface area contributed by atoms with Crippen molar-refractivity contribution in [3.63, 3.8) is 0 Å². The summed E-state index contributed by atoms with van der Waals surface area (Å²) in [4.78, 5) is 10.1. The van der Waals surface area contributed by atoms with Crippen molar-refractivity contribution < 1.29 is 4.79 Å². The van der Waals surface area contributed by atoms with Crippen molar-refractivity contribution in [3.05, 3.63) is 12.7 Å². The molecule has 0 amide bonds. The molecule has 0 N–H and O–H groups in total. The van der Waals surface area contributed by atoms with Gasteiger partial charge in [-0.15, -0.1) is 6.58 Å². The quantitative estimate of drug-likeness (QED) is 0.292. The summed E-state index contributed by atoms with van der Waals surface area (Å²) in [6, 6.07) is 0. The Kier molecular flexibility index (Phi) is 10.0. The second-order valence-electron chi connectivity index (χ2n) is 3.94. The fraction of sp³-hybridized carbons (Fsp3) is 0.769. The Morgan fingerprint density at radius 2 is 1.93 bits per heavy atom. The van der Waals surface area contributed by atoms with Crippen LogP contribution in [0.2, 0.25) is 0 Å². The van der Waals surface area contributed by atoms with Gasteiger partial charge in [0.25, 0.3) is 0 Å². The fourth-order valence-electron chi connectivity index (χ4n) is 1.74. The molecule has 0 aromatic heterocycles. The minimum absolute atomic E-state index is 0.740. The van der Waals surface area contributed by atoms with E-state index in [-0.39, 0.29) is 0 Å². The molecule has 1 nitrogen and oxygen atoms in total. The van der Waals surface area contributed by atoms with Gasteiger partial charge < -0.3 is 4.79 Å². The molecule has 14 heavy (non-hydrogen) atoms. The summed E-state index contributed by atoms with van der Waals surface area (Å²) in [5.41, 5.74) is 0. The number of hydrogen-bond acceptors (Lipinski definition) is 1. The standard InChI is InChI=1S/C13H24O/c1-3-5-10-13(4-2)11-8-6-7-9-12-14/h3,12-13H,1,4-11H2,2H3. The first-order chi connectivity index (χ1) is 6.85. The van der Waals surface area contributed by atoms with Gasteiger partial charge in [-0.2, -0.15) is 0 Å². The Labute approximate surface area is 88.6 Å².